The van der Waals surface area contributed by atoms with Gasteiger partial charge >= 0.3 is 0 Å². The lowest BCUT2D eigenvalue weighted by Gasteiger charge is -2.38. The molecule has 1 aromatic carbocycles. The molecule has 7 heteroatoms. The van der Waals surface area contributed by atoms with E-state index in [1.54, 1.807) is 11.8 Å². The summed E-state index contributed by atoms with van der Waals surface area (Å²) in [6.45, 7) is 6.43. The number of aryl methyl sites for hydroxylation is 2. The number of benzene rings is 1. The van der Waals surface area contributed by atoms with Crippen molar-refractivity contribution in [1.82, 2.24) is 15.7 Å². The van der Waals surface area contributed by atoms with E-state index in [1.165, 1.54) is 12.0 Å². The zero-order valence-corrected chi connectivity index (χ0v) is 21.0. The van der Waals surface area contributed by atoms with Gasteiger partial charge in [-0.05, 0) is 62.9 Å². The van der Waals surface area contributed by atoms with Crippen LogP contribution in [0.5, 0.6) is 5.75 Å². The van der Waals surface area contributed by atoms with Crippen LogP contribution in [0.1, 0.15) is 77.8 Å². The average molecular weight is 489 g/mol. The molecule has 2 N–H and O–H groups in total. The number of fused-ring (bicyclic) bond motifs is 1. The van der Waals surface area contributed by atoms with Crippen LogP contribution in [0.2, 0.25) is 0 Å². The Morgan fingerprint density at radius 2 is 2.03 bits per heavy atom. The predicted molar refractivity (Wildman–Crippen MR) is 142 cm³/mol. The third-order valence-electron chi connectivity index (χ3n) is 6.92. The number of amides is 1. The van der Waals surface area contributed by atoms with Crippen molar-refractivity contribution in [3.8, 4) is 5.75 Å². The number of allylic oxidation sites excluding steroid dienone is 1. The van der Waals surface area contributed by atoms with Gasteiger partial charge < -0.3 is 10.1 Å². The van der Waals surface area contributed by atoms with E-state index >= 15 is 0 Å². The molecule has 1 aromatic heterocycles. The number of carbonyl (C=O) groups excluding carboxylic acids is 1. The van der Waals surface area contributed by atoms with Crippen LogP contribution in [-0.4, -0.2) is 21.5 Å². The topological polar surface area (TPSA) is 75.6 Å². The molecule has 6 nitrogen and oxygen atoms in total. The molecule has 2 heterocycles. The molecule has 182 valence electrons. The monoisotopic (exact) mass is 488 g/mol. The average Bonchev–Trinajstić information content (AvgIpc) is 3.27. The molecular weight excluding hydrogens is 456 g/mol. The number of rotatable bonds is 7. The summed E-state index contributed by atoms with van der Waals surface area (Å²) in [4.78, 5) is 17.9. The van der Waals surface area contributed by atoms with Crippen LogP contribution in [0.4, 0.5) is 0 Å². The van der Waals surface area contributed by atoms with Gasteiger partial charge in [-0.2, -0.15) is 5.10 Å². The number of hydrazone groups is 1. The first-order valence-corrected chi connectivity index (χ1v) is 13.2. The lowest BCUT2D eigenvalue weighted by atomic mass is 9.79. The third-order valence-corrected chi connectivity index (χ3v) is 7.73. The van der Waals surface area contributed by atoms with Crippen molar-refractivity contribution in [2.24, 2.45) is 5.10 Å². The van der Waals surface area contributed by atoms with E-state index in [4.69, 9.17) is 4.74 Å². The van der Waals surface area contributed by atoms with Crippen LogP contribution in [0.15, 0.2) is 53.1 Å². The maximum atomic E-state index is 13.2. The highest BCUT2D eigenvalue weighted by Crippen LogP contribution is 2.35. The molecule has 0 saturated heterocycles. The molecule has 2 aliphatic carbocycles. The summed E-state index contributed by atoms with van der Waals surface area (Å²) in [5.74, 6) is 0.705. The van der Waals surface area contributed by atoms with Crippen molar-refractivity contribution >= 4 is 28.8 Å². The van der Waals surface area contributed by atoms with E-state index in [0.717, 1.165) is 77.7 Å². The molecule has 0 radical (unpaired) electrons. The number of thioether (sulfide) groups is 1. The molecule has 1 saturated carbocycles. The van der Waals surface area contributed by atoms with Gasteiger partial charge in [0.05, 0.1) is 5.03 Å². The Balaban J connectivity index is 1.24. The standard InChI is InChI=1S/C28H32N4O2S/c1-19-16-22(24-8-4-5-9-25(24)29-19)18-34-23-12-10-21(11-13-23)27(33)30-28(14-6-3-7-15-28)17-26-32-31-20(2)35-26/h4,8,10-13,16,31H,2-3,5-7,9,14-15,17-18H2,1H3,(H,30,33). The number of nitrogens with one attached hydrogen (secondary N) is 2. The zero-order chi connectivity index (χ0) is 24.3. The molecule has 1 aliphatic heterocycles. The highest BCUT2D eigenvalue weighted by molar-refractivity contribution is 8.17. The minimum Gasteiger partial charge on any atom is -0.489 e. The van der Waals surface area contributed by atoms with Gasteiger partial charge in [0, 0.05) is 40.0 Å². The second-order valence-electron chi connectivity index (χ2n) is 9.65. The van der Waals surface area contributed by atoms with Crippen molar-refractivity contribution in [3.63, 3.8) is 0 Å². The van der Waals surface area contributed by atoms with Crippen molar-refractivity contribution in [1.29, 1.82) is 0 Å². The third kappa shape index (κ3) is 5.61. The van der Waals surface area contributed by atoms with Gasteiger partial charge in [-0.3, -0.25) is 15.2 Å². The fourth-order valence-electron chi connectivity index (χ4n) is 5.18. The number of nitrogens with zero attached hydrogens (tertiary/aromatic N) is 2. The highest BCUT2D eigenvalue weighted by Gasteiger charge is 2.36. The Morgan fingerprint density at radius 3 is 2.77 bits per heavy atom. The quantitative estimate of drug-likeness (QED) is 0.510. The van der Waals surface area contributed by atoms with E-state index in [-0.39, 0.29) is 11.4 Å². The number of pyridine rings is 1. The Kier molecular flexibility index (Phi) is 6.95. The smallest absolute Gasteiger partial charge is 0.251 e. The predicted octanol–water partition coefficient (Wildman–Crippen LogP) is 5.87. The highest BCUT2D eigenvalue weighted by atomic mass is 32.2. The number of aromatic nitrogens is 1. The minimum atomic E-state index is -0.256. The Labute approximate surface area is 211 Å². The molecule has 35 heavy (non-hydrogen) atoms. The molecule has 0 unspecified atom stereocenters. The van der Waals surface area contributed by atoms with Crippen LogP contribution < -0.4 is 15.5 Å². The summed E-state index contributed by atoms with van der Waals surface area (Å²) in [7, 11) is 0. The van der Waals surface area contributed by atoms with Crippen molar-refractivity contribution in [2.45, 2.75) is 70.4 Å². The van der Waals surface area contributed by atoms with Gasteiger partial charge in [-0.1, -0.05) is 49.8 Å². The summed E-state index contributed by atoms with van der Waals surface area (Å²) < 4.78 is 6.09. The molecule has 1 amide bonds. The van der Waals surface area contributed by atoms with Crippen molar-refractivity contribution in [3.05, 3.63) is 76.1 Å². The summed E-state index contributed by atoms with van der Waals surface area (Å²) in [6, 6.07) is 9.55. The normalized spacial score (nSPS) is 18.4. The van der Waals surface area contributed by atoms with E-state index in [1.807, 2.05) is 31.2 Å². The minimum absolute atomic E-state index is 0.0437. The molecule has 1 fully saturated rings. The van der Waals surface area contributed by atoms with Gasteiger partial charge in [-0.25, -0.2) is 0 Å². The molecule has 0 atom stereocenters. The van der Waals surface area contributed by atoms with Gasteiger partial charge in [0.25, 0.3) is 5.91 Å². The van der Waals surface area contributed by atoms with Gasteiger partial charge in [-0.15, -0.1) is 0 Å². The number of carbonyl (C=O) groups is 1. The molecule has 5 rings (SSSR count). The first kappa shape index (κ1) is 23.7. The maximum Gasteiger partial charge on any atom is 0.251 e. The number of ether oxygens (including phenoxy) is 1. The van der Waals surface area contributed by atoms with Gasteiger partial charge in [0.1, 0.15) is 17.4 Å². The lowest BCUT2D eigenvalue weighted by molar-refractivity contribution is 0.0874. The second kappa shape index (κ2) is 10.3. The fraction of sp³-hybridized carbons (Fsp3) is 0.393. The van der Waals surface area contributed by atoms with Crippen LogP contribution in [-0.2, 0) is 13.0 Å². The van der Waals surface area contributed by atoms with E-state index in [9.17, 15) is 4.79 Å². The SMILES string of the molecule is C=C1NN=C(CC2(NC(=O)c3ccc(OCc4cc(C)nc5c4C=CCC5)cc3)CCCCC2)S1. The summed E-state index contributed by atoms with van der Waals surface area (Å²) in [5, 5.41) is 9.57. The lowest BCUT2D eigenvalue weighted by Crippen LogP contribution is -2.50. The molecule has 0 bridgehead atoms. The largest absolute Gasteiger partial charge is 0.489 e. The van der Waals surface area contributed by atoms with Crippen LogP contribution in [0.25, 0.3) is 6.08 Å². The zero-order valence-electron chi connectivity index (χ0n) is 20.2. The van der Waals surface area contributed by atoms with Crippen LogP contribution in [0.3, 0.4) is 0 Å². The van der Waals surface area contributed by atoms with Crippen LogP contribution >= 0.6 is 11.8 Å². The fourth-order valence-corrected chi connectivity index (χ4v) is 6.00. The van der Waals surface area contributed by atoms with E-state index < -0.39 is 0 Å². The summed E-state index contributed by atoms with van der Waals surface area (Å²) in [6.07, 6.45) is 12.5. The Morgan fingerprint density at radius 1 is 1.23 bits per heavy atom. The van der Waals surface area contributed by atoms with Crippen molar-refractivity contribution < 1.29 is 9.53 Å². The van der Waals surface area contributed by atoms with Crippen molar-refractivity contribution in [2.75, 3.05) is 0 Å². The second-order valence-corrected chi connectivity index (χ2v) is 10.8. The van der Waals surface area contributed by atoms with E-state index in [2.05, 4.69) is 45.6 Å². The van der Waals surface area contributed by atoms with Gasteiger partial charge in [0.2, 0.25) is 0 Å². The molecule has 2 aromatic rings. The summed E-state index contributed by atoms with van der Waals surface area (Å²) in [5.41, 5.74) is 7.82. The number of hydrogen-bond donors (Lipinski definition) is 2. The van der Waals surface area contributed by atoms with Crippen LogP contribution in [0, 0.1) is 6.92 Å². The Bertz CT molecular complexity index is 1180. The first-order chi connectivity index (χ1) is 17.0. The molecule has 3 aliphatic rings. The summed E-state index contributed by atoms with van der Waals surface area (Å²) >= 11 is 1.56. The number of hydrogen-bond acceptors (Lipinski definition) is 6. The van der Waals surface area contributed by atoms with E-state index in [0.29, 0.717) is 12.2 Å². The maximum absolute atomic E-state index is 13.2. The molecular formula is C28H32N4O2S. The van der Waals surface area contributed by atoms with Gasteiger partial charge in [0.15, 0.2) is 0 Å². The Hall–Kier alpha value is -3.06. The molecule has 0 spiro atoms. The first-order valence-electron chi connectivity index (χ1n) is 12.4.